The summed E-state index contributed by atoms with van der Waals surface area (Å²) in [6, 6.07) is 6.27. The number of nitro groups is 1. The third kappa shape index (κ3) is 5.03. The predicted molar refractivity (Wildman–Crippen MR) is 101 cm³/mol. The highest BCUT2D eigenvalue weighted by molar-refractivity contribution is 5.50. The third-order valence-corrected chi connectivity index (χ3v) is 4.49. The number of nitro benzene ring substituents is 1. The number of hydrogen-bond acceptors (Lipinski definition) is 5. The maximum Gasteiger partial charge on any atom is 0.416 e. The SMILES string of the molecule is O=[N+]([O-])c1ccc(COc2c(F)c(F)c(CO)c(F)c2F)cc1Oc1ccc(C(F)(F)F)cc1. The fourth-order valence-electron chi connectivity index (χ4n) is 2.80. The van der Waals surface area contributed by atoms with Crippen molar-refractivity contribution < 1.29 is 50.2 Å². The van der Waals surface area contributed by atoms with Crippen LogP contribution < -0.4 is 9.47 Å². The van der Waals surface area contributed by atoms with E-state index in [1.54, 1.807) is 0 Å². The second-order valence-corrected chi connectivity index (χ2v) is 6.69. The molecule has 34 heavy (non-hydrogen) atoms. The second kappa shape index (κ2) is 9.55. The molecule has 0 aliphatic carbocycles. The summed E-state index contributed by atoms with van der Waals surface area (Å²) < 4.78 is 104. The Bertz CT molecular complexity index is 1200. The van der Waals surface area contributed by atoms with Crippen LogP contribution in [-0.2, 0) is 19.4 Å². The van der Waals surface area contributed by atoms with Crippen molar-refractivity contribution >= 4 is 5.69 Å². The highest BCUT2D eigenvalue weighted by Gasteiger charge is 2.30. The maximum absolute atomic E-state index is 14.0. The molecule has 0 heterocycles. The summed E-state index contributed by atoms with van der Waals surface area (Å²) in [5, 5.41) is 20.1. The molecule has 1 N–H and O–H groups in total. The van der Waals surface area contributed by atoms with Gasteiger partial charge in [-0.05, 0) is 42.0 Å². The van der Waals surface area contributed by atoms with Gasteiger partial charge in [0.2, 0.25) is 17.4 Å². The van der Waals surface area contributed by atoms with Crippen molar-refractivity contribution in [3.8, 4) is 17.2 Å². The van der Waals surface area contributed by atoms with E-state index in [9.17, 15) is 40.8 Å². The summed E-state index contributed by atoms with van der Waals surface area (Å²) in [4.78, 5) is 10.4. The van der Waals surface area contributed by atoms with Gasteiger partial charge in [-0.1, -0.05) is 0 Å². The van der Waals surface area contributed by atoms with Gasteiger partial charge in [0.05, 0.1) is 22.7 Å². The molecule has 0 spiro atoms. The van der Waals surface area contributed by atoms with Gasteiger partial charge in [-0.2, -0.15) is 22.0 Å². The van der Waals surface area contributed by atoms with Crippen LogP contribution in [0.1, 0.15) is 16.7 Å². The minimum absolute atomic E-state index is 0.00152. The topological polar surface area (TPSA) is 81.8 Å². The van der Waals surface area contributed by atoms with Gasteiger partial charge < -0.3 is 14.6 Å². The Hall–Kier alpha value is -3.87. The molecule has 3 aromatic carbocycles. The summed E-state index contributed by atoms with van der Waals surface area (Å²) in [6.07, 6.45) is -4.61. The molecular formula is C21H12F7NO5. The molecule has 0 bridgehead atoms. The van der Waals surface area contributed by atoms with Gasteiger partial charge in [-0.3, -0.25) is 10.1 Å². The summed E-state index contributed by atoms with van der Waals surface area (Å²) in [5.41, 5.74) is -2.80. The minimum atomic E-state index is -4.61. The molecule has 0 saturated heterocycles. The summed E-state index contributed by atoms with van der Waals surface area (Å²) in [5.74, 6) is -9.56. The van der Waals surface area contributed by atoms with Crippen LogP contribution in [0.3, 0.4) is 0 Å². The van der Waals surface area contributed by atoms with Crippen molar-refractivity contribution in [1.82, 2.24) is 0 Å². The summed E-state index contributed by atoms with van der Waals surface area (Å²) in [6.45, 7) is -2.04. The van der Waals surface area contributed by atoms with Crippen LogP contribution in [0.4, 0.5) is 36.4 Å². The third-order valence-electron chi connectivity index (χ3n) is 4.49. The van der Waals surface area contributed by atoms with E-state index in [1.165, 1.54) is 0 Å². The molecule has 6 nitrogen and oxygen atoms in total. The first-order chi connectivity index (χ1) is 15.9. The monoisotopic (exact) mass is 491 g/mol. The number of halogens is 7. The molecule has 0 atom stereocenters. The normalized spacial score (nSPS) is 11.4. The van der Waals surface area contributed by atoms with Crippen molar-refractivity contribution in [2.75, 3.05) is 0 Å². The Balaban J connectivity index is 1.88. The molecule has 0 fully saturated rings. The van der Waals surface area contributed by atoms with Gasteiger partial charge in [0, 0.05) is 6.07 Å². The van der Waals surface area contributed by atoms with Gasteiger partial charge in [0.15, 0.2) is 17.4 Å². The standard InChI is InChI=1S/C21H12F7NO5/c22-16-13(8-30)17(23)19(25)20(18(16)24)33-9-10-1-6-14(29(31)32)15(7-10)34-12-4-2-11(3-5-12)21(26,27)28/h1-7,30H,8-9H2. The molecular weight excluding hydrogens is 479 g/mol. The van der Waals surface area contributed by atoms with E-state index >= 15 is 0 Å². The van der Waals surface area contributed by atoms with Gasteiger partial charge in [-0.15, -0.1) is 0 Å². The van der Waals surface area contributed by atoms with Crippen LogP contribution in [0.25, 0.3) is 0 Å². The lowest BCUT2D eigenvalue weighted by atomic mass is 10.1. The molecule has 13 heteroatoms. The van der Waals surface area contributed by atoms with Crippen LogP contribution in [0.15, 0.2) is 42.5 Å². The smallest absolute Gasteiger partial charge is 0.416 e. The number of hydrogen-bond donors (Lipinski definition) is 1. The van der Waals surface area contributed by atoms with Crippen LogP contribution in [0.5, 0.6) is 17.2 Å². The average molecular weight is 491 g/mol. The average Bonchev–Trinajstić information content (AvgIpc) is 2.78. The number of aliphatic hydroxyl groups is 1. The molecule has 0 aliphatic rings. The zero-order chi connectivity index (χ0) is 25.2. The number of alkyl halides is 3. The summed E-state index contributed by atoms with van der Waals surface area (Å²) >= 11 is 0. The van der Waals surface area contributed by atoms with E-state index in [0.29, 0.717) is 12.1 Å². The predicted octanol–water partition coefficient (Wildman–Crippen LogP) is 6.03. The second-order valence-electron chi connectivity index (χ2n) is 6.69. The Labute approximate surface area is 185 Å². The molecule has 3 rings (SSSR count). The molecule has 0 radical (unpaired) electrons. The van der Waals surface area contributed by atoms with Crippen molar-refractivity contribution in [2.24, 2.45) is 0 Å². The fraction of sp³-hybridized carbons (Fsp3) is 0.143. The Kier molecular flexibility index (Phi) is 6.96. The maximum atomic E-state index is 14.0. The van der Waals surface area contributed by atoms with E-state index in [-0.39, 0.29) is 11.3 Å². The fourth-order valence-corrected chi connectivity index (χ4v) is 2.80. The van der Waals surface area contributed by atoms with Gasteiger partial charge in [-0.25, -0.2) is 8.78 Å². The van der Waals surface area contributed by atoms with E-state index in [2.05, 4.69) is 0 Å². The quantitative estimate of drug-likeness (QED) is 0.189. The van der Waals surface area contributed by atoms with Gasteiger partial charge in [0.25, 0.3) is 0 Å². The Morgan fingerprint density at radius 3 is 2.00 bits per heavy atom. The zero-order valence-electron chi connectivity index (χ0n) is 16.6. The van der Waals surface area contributed by atoms with Crippen LogP contribution in [0.2, 0.25) is 0 Å². The highest BCUT2D eigenvalue weighted by Crippen LogP contribution is 2.36. The number of ether oxygens (including phenoxy) is 2. The number of benzene rings is 3. The lowest BCUT2D eigenvalue weighted by Gasteiger charge is -2.13. The van der Waals surface area contributed by atoms with Crippen molar-refractivity contribution in [1.29, 1.82) is 0 Å². The minimum Gasteiger partial charge on any atom is -0.483 e. The van der Waals surface area contributed by atoms with Crippen molar-refractivity contribution in [2.45, 2.75) is 19.4 Å². The lowest BCUT2D eigenvalue weighted by Crippen LogP contribution is -2.08. The first-order valence-electron chi connectivity index (χ1n) is 9.15. The van der Waals surface area contributed by atoms with E-state index in [4.69, 9.17) is 14.6 Å². The largest absolute Gasteiger partial charge is 0.483 e. The number of nitrogens with zero attached hydrogens (tertiary/aromatic N) is 1. The molecule has 3 aromatic rings. The first kappa shape index (κ1) is 24.8. The Morgan fingerprint density at radius 1 is 0.912 bits per heavy atom. The molecule has 0 saturated carbocycles. The van der Waals surface area contributed by atoms with Gasteiger partial charge in [0.1, 0.15) is 12.4 Å². The zero-order valence-corrected chi connectivity index (χ0v) is 16.6. The molecule has 0 amide bonds. The molecule has 0 unspecified atom stereocenters. The molecule has 180 valence electrons. The van der Waals surface area contributed by atoms with Crippen LogP contribution in [-0.4, -0.2) is 10.0 Å². The van der Waals surface area contributed by atoms with E-state index in [0.717, 1.165) is 30.3 Å². The van der Waals surface area contributed by atoms with Gasteiger partial charge >= 0.3 is 11.9 Å². The van der Waals surface area contributed by atoms with Crippen LogP contribution >= 0.6 is 0 Å². The number of rotatable bonds is 7. The lowest BCUT2D eigenvalue weighted by molar-refractivity contribution is -0.385. The first-order valence-corrected chi connectivity index (χ1v) is 9.15. The summed E-state index contributed by atoms with van der Waals surface area (Å²) in [7, 11) is 0. The van der Waals surface area contributed by atoms with Crippen molar-refractivity contribution in [3.63, 3.8) is 0 Å². The van der Waals surface area contributed by atoms with E-state index in [1.807, 2.05) is 0 Å². The van der Waals surface area contributed by atoms with E-state index < -0.39 is 75.9 Å². The molecule has 0 aliphatic heterocycles. The van der Waals surface area contributed by atoms with Crippen LogP contribution in [0, 0.1) is 33.4 Å². The number of aliphatic hydroxyl groups excluding tert-OH is 1. The Morgan fingerprint density at radius 2 is 1.50 bits per heavy atom. The van der Waals surface area contributed by atoms with Crippen molar-refractivity contribution in [3.05, 3.63) is 92.5 Å². The molecule has 0 aromatic heterocycles. The highest BCUT2D eigenvalue weighted by atomic mass is 19.4.